The van der Waals surface area contributed by atoms with Crippen molar-refractivity contribution >= 4 is 31.3 Å². The average molecular weight is 460 g/mol. The molecule has 0 saturated carbocycles. The van der Waals surface area contributed by atoms with Crippen molar-refractivity contribution < 1.29 is 38.2 Å². The summed E-state index contributed by atoms with van der Waals surface area (Å²) in [6.45, 7) is 4.95. The van der Waals surface area contributed by atoms with Crippen LogP contribution in [0.5, 0.6) is 0 Å². The van der Waals surface area contributed by atoms with Gasteiger partial charge in [-0.25, -0.2) is 4.79 Å². The van der Waals surface area contributed by atoms with Crippen LogP contribution in [0.3, 0.4) is 0 Å². The van der Waals surface area contributed by atoms with Crippen LogP contribution < -0.4 is 0 Å². The zero-order chi connectivity index (χ0) is 22.6. The normalized spacial score (nSPS) is 13.3. The van der Waals surface area contributed by atoms with Crippen molar-refractivity contribution in [3.8, 4) is 0 Å². The summed E-state index contributed by atoms with van der Waals surface area (Å²) < 4.78 is 26.5. The Balaban J connectivity index is 2.68. The fraction of sp³-hybridized carbons (Fsp3) is 0.500. The standard InChI is InChI=1S/C20H29O8PS/c1-15(2)20(22)27-14-17(13-26-3)28-19(21)12-18(16-8-5-4-6-9-16)30-11-7-10-29(23,24)25/h4-6,8-9,17-18H,1,7,10-14H2,2-3H3,(H2,23,24,25). The maximum absolute atomic E-state index is 12.5. The lowest BCUT2D eigenvalue weighted by Crippen LogP contribution is -2.29. The molecule has 168 valence electrons. The molecule has 0 aliphatic rings. The zero-order valence-electron chi connectivity index (χ0n) is 17.2. The molecule has 0 saturated heterocycles. The second-order valence-corrected chi connectivity index (χ2v) is 9.75. The van der Waals surface area contributed by atoms with Gasteiger partial charge in [-0.3, -0.25) is 9.36 Å². The van der Waals surface area contributed by atoms with Crippen molar-refractivity contribution in [2.75, 3.05) is 32.2 Å². The van der Waals surface area contributed by atoms with Gasteiger partial charge in [0, 0.05) is 17.9 Å². The molecule has 0 aliphatic carbocycles. The lowest BCUT2D eigenvalue weighted by Gasteiger charge is -2.20. The summed E-state index contributed by atoms with van der Waals surface area (Å²) in [5.74, 6) is -0.579. The molecule has 2 N–H and O–H groups in total. The van der Waals surface area contributed by atoms with Crippen molar-refractivity contribution in [1.82, 2.24) is 0 Å². The van der Waals surface area contributed by atoms with Gasteiger partial charge in [0.25, 0.3) is 0 Å². The number of carbonyl (C=O) groups is 2. The van der Waals surface area contributed by atoms with E-state index in [2.05, 4.69) is 6.58 Å². The molecule has 0 spiro atoms. The predicted octanol–water partition coefficient (Wildman–Crippen LogP) is 3.10. The third-order valence-electron chi connectivity index (χ3n) is 3.84. The highest BCUT2D eigenvalue weighted by Crippen LogP contribution is 2.38. The van der Waals surface area contributed by atoms with Crippen molar-refractivity contribution in [3.63, 3.8) is 0 Å². The van der Waals surface area contributed by atoms with Gasteiger partial charge in [-0.05, 0) is 24.7 Å². The van der Waals surface area contributed by atoms with Crippen molar-refractivity contribution in [2.24, 2.45) is 0 Å². The third-order valence-corrected chi connectivity index (χ3v) is 6.10. The number of carbonyl (C=O) groups excluding carboxylic acids is 2. The van der Waals surface area contributed by atoms with E-state index in [0.717, 1.165) is 5.56 Å². The van der Waals surface area contributed by atoms with E-state index in [9.17, 15) is 14.2 Å². The Bertz CT molecular complexity index is 734. The van der Waals surface area contributed by atoms with Crippen molar-refractivity contribution in [3.05, 3.63) is 48.0 Å². The Morgan fingerprint density at radius 2 is 1.87 bits per heavy atom. The largest absolute Gasteiger partial charge is 0.458 e. The lowest BCUT2D eigenvalue weighted by atomic mass is 10.1. The van der Waals surface area contributed by atoms with Gasteiger partial charge in [-0.2, -0.15) is 11.8 Å². The van der Waals surface area contributed by atoms with E-state index in [-0.39, 0.29) is 36.6 Å². The Hall–Kier alpha value is -1.64. The van der Waals surface area contributed by atoms with Crippen LogP contribution in [0.25, 0.3) is 0 Å². The minimum Gasteiger partial charge on any atom is -0.458 e. The van der Waals surface area contributed by atoms with Crippen LogP contribution in [-0.4, -0.2) is 60.1 Å². The highest BCUT2D eigenvalue weighted by Gasteiger charge is 2.22. The zero-order valence-corrected chi connectivity index (χ0v) is 18.9. The second kappa shape index (κ2) is 13.6. The number of benzene rings is 1. The van der Waals surface area contributed by atoms with E-state index >= 15 is 0 Å². The molecule has 0 heterocycles. The second-order valence-electron chi connectivity index (χ2n) is 6.66. The summed E-state index contributed by atoms with van der Waals surface area (Å²) in [4.78, 5) is 42.1. The number of methoxy groups -OCH3 is 1. The molecule has 8 nitrogen and oxygen atoms in total. The monoisotopic (exact) mass is 460 g/mol. The minimum atomic E-state index is -4.04. The van der Waals surface area contributed by atoms with Crippen LogP contribution in [0.1, 0.15) is 30.6 Å². The summed E-state index contributed by atoms with van der Waals surface area (Å²) >= 11 is 1.43. The van der Waals surface area contributed by atoms with Crippen LogP contribution in [0.2, 0.25) is 0 Å². The first-order chi connectivity index (χ1) is 14.1. The smallest absolute Gasteiger partial charge is 0.333 e. The van der Waals surface area contributed by atoms with E-state index in [0.29, 0.717) is 12.2 Å². The maximum Gasteiger partial charge on any atom is 0.333 e. The molecule has 0 amide bonds. The van der Waals surface area contributed by atoms with Gasteiger partial charge in [0.15, 0.2) is 6.10 Å². The molecule has 0 radical (unpaired) electrons. The first kappa shape index (κ1) is 26.4. The molecule has 0 bridgehead atoms. The molecule has 30 heavy (non-hydrogen) atoms. The number of ether oxygens (including phenoxy) is 3. The van der Waals surface area contributed by atoms with Crippen LogP contribution in [-0.2, 0) is 28.4 Å². The molecule has 1 aromatic carbocycles. The maximum atomic E-state index is 12.5. The molecule has 1 aromatic rings. The molecule has 0 aliphatic heterocycles. The highest BCUT2D eigenvalue weighted by atomic mass is 32.2. The Morgan fingerprint density at radius 3 is 2.43 bits per heavy atom. The molecular formula is C20H29O8PS. The fourth-order valence-corrected chi connectivity index (χ4v) is 4.40. The Labute approximate surface area is 181 Å². The molecule has 2 atom stereocenters. The van der Waals surface area contributed by atoms with E-state index in [4.69, 9.17) is 24.0 Å². The van der Waals surface area contributed by atoms with Gasteiger partial charge in [-0.1, -0.05) is 36.9 Å². The SMILES string of the molecule is C=C(C)C(=O)OCC(COC)OC(=O)CC(SCCCP(=O)(O)O)c1ccccc1. The van der Waals surface area contributed by atoms with E-state index in [1.54, 1.807) is 0 Å². The number of thioether (sulfide) groups is 1. The van der Waals surface area contributed by atoms with Gasteiger partial charge in [0.05, 0.1) is 19.2 Å². The quantitative estimate of drug-likeness (QED) is 0.187. The fourth-order valence-electron chi connectivity index (χ4n) is 2.42. The van der Waals surface area contributed by atoms with Gasteiger partial charge < -0.3 is 24.0 Å². The van der Waals surface area contributed by atoms with E-state index < -0.39 is 25.6 Å². The van der Waals surface area contributed by atoms with Gasteiger partial charge in [0.2, 0.25) is 0 Å². The van der Waals surface area contributed by atoms with Crippen LogP contribution in [0.15, 0.2) is 42.5 Å². The summed E-state index contributed by atoms with van der Waals surface area (Å²) in [5.41, 5.74) is 1.15. The number of rotatable bonds is 14. The van der Waals surface area contributed by atoms with Crippen LogP contribution in [0, 0.1) is 0 Å². The molecule has 2 unspecified atom stereocenters. The summed E-state index contributed by atoms with van der Waals surface area (Å²) in [5, 5.41) is -0.239. The minimum absolute atomic E-state index is 0.0548. The summed E-state index contributed by atoms with van der Waals surface area (Å²) in [6.07, 6.45) is -0.562. The van der Waals surface area contributed by atoms with Crippen LogP contribution in [0.4, 0.5) is 0 Å². The van der Waals surface area contributed by atoms with Gasteiger partial charge >= 0.3 is 19.5 Å². The summed E-state index contributed by atoms with van der Waals surface area (Å²) in [6, 6.07) is 9.34. The Morgan fingerprint density at radius 1 is 1.20 bits per heavy atom. The topological polar surface area (TPSA) is 119 Å². The number of hydrogen-bond donors (Lipinski definition) is 2. The molecule has 1 rings (SSSR count). The predicted molar refractivity (Wildman–Crippen MR) is 115 cm³/mol. The first-order valence-corrected chi connectivity index (χ1v) is 12.2. The molecule has 0 fully saturated rings. The first-order valence-electron chi connectivity index (χ1n) is 9.34. The van der Waals surface area contributed by atoms with Crippen molar-refractivity contribution in [1.29, 1.82) is 0 Å². The lowest BCUT2D eigenvalue weighted by molar-refractivity contribution is -0.160. The van der Waals surface area contributed by atoms with E-state index in [1.807, 2.05) is 30.3 Å². The summed E-state index contributed by atoms with van der Waals surface area (Å²) in [7, 11) is -2.59. The average Bonchev–Trinajstić information content (AvgIpc) is 2.68. The van der Waals surface area contributed by atoms with Crippen LogP contribution >= 0.6 is 19.4 Å². The van der Waals surface area contributed by atoms with Gasteiger partial charge in [0.1, 0.15) is 6.61 Å². The highest BCUT2D eigenvalue weighted by molar-refractivity contribution is 7.99. The molecular weight excluding hydrogens is 431 g/mol. The van der Waals surface area contributed by atoms with Gasteiger partial charge in [-0.15, -0.1) is 0 Å². The Kier molecular flexibility index (Phi) is 12.0. The molecule has 0 aromatic heterocycles. The molecule has 10 heteroatoms. The van der Waals surface area contributed by atoms with E-state index in [1.165, 1.54) is 25.8 Å². The number of hydrogen-bond acceptors (Lipinski definition) is 7. The third kappa shape index (κ3) is 11.5. The van der Waals surface area contributed by atoms with Crippen molar-refractivity contribution in [2.45, 2.75) is 31.1 Å². The number of esters is 2.